The number of oxazole rings is 1. The summed E-state index contributed by atoms with van der Waals surface area (Å²) in [5.41, 5.74) is 6.63. The molecule has 0 aliphatic carbocycles. The summed E-state index contributed by atoms with van der Waals surface area (Å²) >= 11 is 0. The van der Waals surface area contributed by atoms with Crippen LogP contribution in [0.15, 0.2) is 51.7 Å². The SMILES string of the molecule is NC(Cc1ccc(Oc2ccc(Cc3oc(=O)[nH]c3O)cc2)c(F)c1)C(=O)O. The molecule has 3 rings (SSSR count). The van der Waals surface area contributed by atoms with Gasteiger partial charge in [0.15, 0.2) is 17.3 Å². The fourth-order valence-electron chi connectivity index (χ4n) is 2.55. The lowest BCUT2D eigenvalue weighted by Gasteiger charge is -2.10. The zero-order chi connectivity index (χ0) is 20.3. The molecule has 146 valence electrons. The van der Waals surface area contributed by atoms with Gasteiger partial charge in [-0.15, -0.1) is 0 Å². The van der Waals surface area contributed by atoms with E-state index in [4.69, 9.17) is 20.0 Å². The Kier molecular flexibility index (Phi) is 5.46. The molecule has 5 N–H and O–H groups in total. The molecule has 0 spiro atoms. The number of hydrogen-bond donors (Lipinski definition) is 4. The highest BCUT2D eigenvalue weighted by atomic mass is 19.1. The van der Waals surface area contributed by atoms with Gasteiger partial charge in [0.05, 0.1) is 0 Å². The van der Waals surface area contributed by atoms with Gasteiger partial charge < -0.3 is 25.1 Å². The van der Waals surface area contributed by atoms with Gasteiger partial charge in [-0.05, 0) is 41.8 Å². The average molecular weight is 388 g/mol. The van der Waals surface area contributed by atoms with Crippen molar-refractivity contribution in [3.63, 3.8) is 0 Å². The summed E-state index contributed by atoms with van der Waals surface area (Å²) < 4.78 is 24.5. The predicted molar refractivity (Wildman–Crippen MR) is 96.0 cm³/mol. The number of carboxylic acid groups (broad SMARTS) is 1. The maximum Gasteiger partial charge on any atom is 0.419 e. The molecular weight excluding hydrogens is 371 g/mol. The molecule has 1 aromatic heterocycles. The summed E-state index contributed by atoms with van der Waals surface area (Å²) in [5.74, 6) is -2.40. The summed E-state index contributed by atoms with van der Waals surface area (Å²) in [5, 5.41) is 18.3. The van der Waals surface area contributed by atoms with Crippen LogP contribution in [-0.4, -0.2) is 27.2 Å². The number of carboxylic acids is 1. The van der Waals surface area contributed by atoms with E-state index in [1.165, 1.54) is 12.1 Å². The Morgan fingerprint density at radius 3 is 2.46 bits per heavy atom. The minimum Gasteiger partial charge on any atom is -0.492 e. The van der Waals surface area contributed by atoms with Gasteiger partial charge in [0, 0.05) is 6.42 Å². The number of benzene rings is 2. The number of aliphatic carboxylic acids is 1. The second-order valence-corrected chi connectivity index (χ2v) is 6.12. The van der Waals surface area contributed by atoms with Gasteiger partial charge in [-0.25, -0.2) is 9.18 Å². The van der Waals surface area contributed by atoms with Crippen molar-refractivity contribution in [2.24, 2.45) is 5.73 Å². The van der Waals surface area contributed by atoms with E-state index in [2.05, 4.69) is 4.98 Å². The van der Waals surface area contributed by atoms with Crippen molar-refractivity contribution in [3.8, 4) is 17.4 Å². The summed E-state index contributed by atoms with van der Waals surface area (Å²) in [6.45, 7) is 0. The maximum atomic E-state index is 14.2. The van der Waals surface area contributed by atoms with Gasteiger partial charge >= 0.3 is 11.7 Å². The van der Waals surface area contributed by atoms with Crippen LogP contribution in [0.1, 0.15) is 16.9 Å². The Bertz CT molecular complexity index is 1040. The minimum absolute atomic E-state index is 0.00333. The normalized spacial score (nSPS) is 11.9. The van der Waals surface area contributed by atoms with E-state index in [1.54, 1.807) is 30.3 Å². The van der Waals surface area contributed by atoms with Gasteiger partial charge in [0.2, 0.25) is 5.88 Å². The van der Waals surface area contributed by atoms with Crippen molar-refractivity contribution in [1.82, 2.24) is 4.98 Å². The largest absolute Gasteiger partial charge is 0.492 e. The minimum atomic E-state index is -1.16. The van der Waals surface area contributed by atoms with Crippen LogP contribution >= 0.6 is 0 Å². The molecule has 0 bridgehead atoms. The molecule has 0 amide bonds. The Balaban J connectivity index is 1.67. The highest BCUT2D eigenvalue weighted by Gasteiger charge is 2.14. The molecular formula is C19H17FN2O6. The maximum absolute atomic E-state index is 14.2. The average Bonchev–Trinajstić information content (AvgIpc) is 2.96. The Hall–Kier alpha value is -3.59. The third-order valence-corrected chi connectivity index (χ3v) is 3.99. The quantitative estimate of drug-likeness (QED) is 0.486. The lowest BCUT2D eigenvalue weighted by Crippen LogP contribution is -2.32. The molecule has 0 aliphatic rings. The molecule has 0 radical (unpaired) electrons. The first-order valence-corrected chi connectivity index (χ1v) is 8.26. The molecule has 3 aromatic rings. The Morgan fingerprint density at radius 2 is 1.89 bits per heavy atom. The standard InChI is InChI=1S/C19H17FN2O6/c20-13-7-11(8-14(21)18(24)25)3-6-15(13)27-12-4-1-10(2-5-12)9-16-17(23)22-19(26)28-16/h1-7,14,23H,8-9,21H2,(H,22,26)(H,24,25). The van der Waals surface area contributed by atoms with Gasteiger partial charge in [-0.3, -0.25) is 9.78 Å². The number of nitrogens with one attached hydrogen (secondary N) is 1. The fraction of sp³-hybridized carbons (Fsp3) is 0.158. The first-order chi connectivity index (χ1) is 13.3. The number of halogens is 1. The number of hydrogen-bond acceptors (Lipinski definition) is 6. The molecule has 28 heavy (non-hydrogen) atoms. The van der Waals surface area contributed by atoms with Gasteiger partial charge in [-0.2, -0.15) is 0 Å². The summed E-state index contributed by atoms with van der Waals surface area (Å²) in [7, 11) is 0. The molecule has 0 aliphatic heterocycles. The second-order valence-electron chi connectivity index (χ2n) is 6.12. The second kappa shape index (κ2) is 7.97. The summed E-state index contributed by atoms with van der Waals surface area (Å²) in [6, 6.07) is 9.59. The first kappa shape index (κ1) is 19.2. The molecule has 0 saturated carbocycles. The van der Waals surface area contributed by atoms with Crippen molar-refractivity contribution < 1.29 is 28.6 Å². The van der Waals surface area contributed by atoms with Crippen molar-refractivity contribution in [1.29, 1.82) is 0 Å². The number of rotatable bonds is 7. The van der Waals surface area contributed by atoms with Crippen LogP contribution in [0.25, 0.3) is 0 Å². The molecule has 9 heteroatoms. The number of aromatic amines is 1. The lowest BCUT2D eigenvalue weighted by molar-refractivity contribution is -0.138. The highest BCUT2D eigenvalue weighted by molar-refractivity contribution is 5.73. The zero-order valence-electron chi connectivity index (χ0n) is 14.5. The molecule has 0 fully saturated rings. The third-order valence-electron chi connectivity index (χ3n) is 3.99. The van der Waals surface area contributed by atoms with Crippen LogP contribution in [0.2, 0.25) is 0 Å². The lowest BCUT2D eigenvalue weighted by atomic mass is 10.1. The van der Waals surface area contributed by atoms with Crippen molar-refractivity contribution in [3.05, 3.63) is 75.7 Å². The van der Waals surface area contributed by atoms with E-state index < -0.39 is 23.6 Å². The molecule has 0 saturated heterocycles. The number of carbonyl (C=O) groups is 1. The van der Waals surface area contributed by atoms with E-state index in [0.29, 0.717) is 11.3 Å². The van der Waals surface area contributed by atoms with Gasteiger partial charge in [-0.1, -0.05) is 18.2 Å². The van der Waals surface area contributed by atoms with Crippen LogP contribution in [0, 0.1) is 5.82 Å². The predicted octanol–water partition coefficient (Wildman–Crippen LogP) is 2.15. The van der Waals surface area contributed by atoms with Crippen molar-refractivity contribution >= 4 is 5.97 Å². The van der Waals surface area contributed by atoms with Crippen LogP contribution < -0.4 is 16.2 Å². The van der Waals surface area contributed by atoms with Crippen LogP contribution in [0.5, 0.6) is 17.4 Å². The summed E-state index contributed by atoms with van der Waals surface area (Å²) in [6.07, 6.45) is 0.196. The number of H-pyrrole nitrogens is 1. The van der Waals surface area contributed by atoms with E-state index in [0.717, 1.165) is 5.56 Å². The third kappa shape index (κ3) is 4.57. The van der Waals surface area contributed by atoms with Gasteiger partial charge in [0.25, 0.3) is 0 Å². The van der Waals surface area contributed by atoms with E-state index in [1.807, 2.05) is 0 Å². The van der Waals surface area contributed by atoms with E-state index in [9.17, 15) is 19.1 Å². The monoisotopic (exact) mass is 388 g/mol. The van der Waals surface area contributed by atoms with Crippen molar-refractivity contribution in [2.75, 3.05) is 0 Å². The van der Waals surface area contributed by atoms with Crippen LogP contribution in [-0.2, 0) is 17.6 Å². The number of aromatic nitrogens is 1. The smallest absolute Gasteiger partial charge is 0.419 e. The topological polar surface area (TPSA) is 139 Å². The summed E-state index contributed by atoms with van der Waals surface area (Å²) in [4.78, 5) is 23.9. The molecule has 1 heterocycles. The van der Waals surface area contributed by atoms with Gasteiger partial charge in [0.1, 0.15) is 11.8 Å². The van der Waals surface area contributed by atoms with Crippen molar-refractivity contribution in [2.45, 2.75) is 18.9 Å². The number of ether oxygens (including phenoxy) is 1. The molecule has 2 aromatic carbocycles. The highest BCUT2D eigenvalue weighted by Crippen LogP contribution is 2.26. The van der Waals surface area contributed by atoms with E-state index in [-0.39, 0.29) is 30.2 Å². The van der Waals surface area contributed by atoms with E-state index >= 15 is 0 Å². The van der Waals surface area contributed by atoms with Crippen LogP contribution in [0.3, 0.4) is 0 Å². The fourth-order valence-corrected chi connectivity index (χ4v) is 2.55. The zero-order valence-corrected chi connectivity index (χ0v) is 14.5. The molecule has 1 atom stereocenters. The molecule has 8 nitrogen and oxygen atoms in total. The number of nitrogens with two attached hydrogens (primary N) is 1. The number of aromatic hydroxyl groups is 1. The Morgan fingerprint density at radius 1 is 1.21 bits per heavy atom. The Labute approximate surface area is 158 Å². The first-order valence-electron chi connectivity index (χ1n) is 8.26. The molecule has 1 unspecified atom stereocenters. The van der Waals surface area contributed by atoms with Crippen LogP contribution in [0.4, 0.5) is 4.39 Å².